The summed E-state index contributed by atoms with van der Waals surface area (Å²) in [7, 11) is 0. The first kappa shape index (κ1) is 9.26. The zero-order valence-electron chi connectivity index (χ0n) is 6.37. The number of phenolic OH excluding ortho intramolecular Hbond substituents is 1. The highest BCUT2D eigenvalue weighted by atomic mass is 19.3. The van der Waals surface area contributed by atoms with E-state index in [0.29, 0.717) is 0 Å². The van der Waals surface area contributed by atoms with Crippen molar-refractivity contribution in [1.82, 2.24) is 0 Å². The van der Waals surface area contributed by atoms with Gasteiger partial charge in [-0.2, -0.15) is 8.78 Å². The zero-order valence-corrected chi connectivity index (χ0v) is 6.37. The molecule has 0 unspecified atom stereocenters. The fraction of sp³-hybridized carbons (Fsp3) is 0.125. The van der Waals surface area contributed by atoms with Crippen LogP contribution in [-0.2, 0) is 0 Å². The average molecular weight is 185 g/mol. The number of aromatic hydroxyl groups is 1. The van der Waals surface area contributed by atoms with E-state index < -0.39 is 6.61 Å². The van der Waals surface area contributed by atoms with E-state index in [1.807, 2.05) is 0 Å². The number of rotatable bonds is 2. The molecule has 1 N–H and O–H groups in total. The third kappa shape index (κ3) is 2.30. The molecule has 0 fully saturated rings. The number of hydrogen-bond donors (Lipinski definition) is 1. The number of halogens is 2. The molecule has 3 nitrogen and oxygen atoms in total. The van der Waals surface area contributed by atoms with E-state index in [9.17, 15) is 8.78 Å². The molecule has 0 saturated heterocycles. The molecule has 5 heteroatoms. The van der Waals surface area contributed by atoms with Gasteiger partial charge in [-0.3, -0.25) is 0 Å². The minimum Gasteiger partial charge on any atom is -0.508 e. The second-order valence-electron chi connectivity index (χ2n) is 2.14. The smallest absolute Gasteiger partial charge is 0.386 e. The predicted octanol–water partition coefficient (Wildman–Crippen LogP) is 2.54. The maximum atomic E-state index is 11.8. The molecule has 0 spiro atoms. The van der Waals surface area contributed by atoms with Gasteiger partial charge in [0.2, 0.25) is 5.69 Å². The summed E-state index contributed by atoms with van der Waals surface area (Å²) in [5.41, 5.74) is -0.0573. The van der Waals surface area contributed by atoms with Crippen LogP contribution in [-0.4, -0.2) is 11.7 Å². The molecule has 1 aromatic rings. The minimum atomic E-state index is -3.00. The maximum absolute atomic E-state index is 11.8. The summed E-state index contributed by atoms with van der Waals surface area (Å²) in [5.74, 6) is -0.534. The lowest BCUT2D eigenvalue weighted by atomic mass is 10.3. The Hall–Kier alpha value is -1.83. The molecular formula is C8H5F2NO2. The van der Waals surface area contributed by atoms with E-state index in [-0.39, 0.29) is 17.2 Å². The standard InChI is InChI=1S/C8H5F2NO2/c1-11-6-3-2-5(12)4-7(6)13-8(9)10/h2-4,8,12H. The Morgan fingerprint density at radius 1 is 1.46 bits per heavy atom. The normalized spacial score (nSPS) is 9.69. The molecule has 1 rings (SSSR count). The quantitative estimate of drug-likeness (QED) is 0.718. The Bertz CT molecular complexity index is 346. The number of ether oxygens (including phenoxy) is 1. The molecule has 0 aliphatic rings. The monoisotopic (exact) mass is 185 g/mol. The van der Waals surface area contributed by atoms with E-state index in [1.54, 1.807) is 0 Å². The van der Waals surface area contributed by atoms with Gasteiger partial charge in [0.15, 0.2) is 0 Å². The number of benzene rings is 1. The Labute approximate surface area is 73.0 Å². The second-order valence-corrected chi connectivity index (χ2v) is 2.14. The topological polar surface area (TPSA) is 33.8 Å². The number of alkyl halides is 2. The lowest BCUT2D eigenvalue weighted by molar-refractivity contribution is -0.0493. The maximum Gasteiger partial charge on any atom is 0.386 e. The molecule has 0 aromatic heterocycles. The molecule has 0 heterocycles. The van der Waals surface area contributed by atoms with Crippen molar-refractivity contribution in [2.24, 2.45) is 0 Å². The van der Waals surface area contributed by atoms with Gasteiger partial charge in [0.25, 0.3) is 0 Å². The van der Waals surface area contributed by atoms with Crippen LogP contribution >= 0.6 is 0 Å². The second kappa shape index (κ2) is 3.72. The average Bonchev–Trinajstić information content (AvgIpc) is 2.03. The lowest BCUT2D eigenvalue weighted by Crippen LogP contribution is -2.01. The molecule has 13 heavy (non-hydrogen) atoms. The van der Waals surface area contributed by atoms with Crippen LogP contribution in [0, 0.1) is 6.57 Å². The van der Waals surface area contributed by atoms with E-state index in [1.165, 1.54) is 12.1 Å². The highest BCUT2D eigenvalue weighted by Crippen LogP contribution is 2.32. The molecule has 0 bridgehead atoms. The van der Waals surface area contributed by atoms with Gasteiger partial charge >= 0.3 is 6.61 Å². The summed E-state index contributed by atoms with van der Waals surface area (Å²) in [6, 6.07) is 3.41. The molecule has 0 radical (unpaired) electrons. The van der Waals surface area contributed by atoms with E-state index in [4.69, 9.17) is 11.7 Å². The van der Waals surface area contributed by atoms with Gasteiger partial charge in [0.1, 0.15) is 11.5 Å². The van der Waals surface area contributed by atoms with Crippen molar-refractivity contribution in [1.29, 1.82) is 0 Å². The molecule has 1 aromatic carbocycles. The molecule has 68 valence electrons. The highest BCUT2D eigenvalue weighted by molar-refractivity contribution is 5.59. The van der Waals surface area contributed by atoms with Crippen LogP contribution in [0.4, 0.5) is 14.5 Å². The number of phenols is 1. The zero-order chi connectivity index (χ0) is 9.84. The minimum absolute atomic E-state index is 0.0573. The van der Waals surface area contributed by atoms with Crippen LogP contribution in [0.15, 0.2) is 18.2 Å². The van der Waals surface area contributed by atoms with Gasteiger partial charge in [-0.25, -0.2) is 4.85 Å². The summed E-state index contributed by atoms with van der Waals surface area (Å²) in [4.78, 5) is 2.95. The largest absolute Gasteiger partial charge is 0.508 e. The van der Waals surface area contributed by atoms with Gasteiger partial charge < -0.3 is 9.84 Å². The van der Waals surface area contributed by atoms with Crippen LogP contribution in [0.25, 0.3) is 4.85 Å². The van der Waals surface area contributed by atoms with Crippen LogP contribution in [0.2, 0.25) is 0 Å². The Balaban J connectivity index is 3.03. The summed E-state index contributed by atoms with van der Waals surface area (Å²) in [6.45, 7) is 3.62. The summed E-state index contributed by atoms with van der Waals surface area (Å²) >= 11 is 0. The van der Waals surface area contributed by atoms with Crippen molar-refractivity contribution in [2.45, 2.75) is 6.61 Å². The Kier molecular flexibility index (Phi) is 2.65. The summed E-state index contributed by atoms with van der Waals surface area (Å²) < 4.78 is 27.5. The SMILES string of the molecule is [C-]#[N+]c1ccc(O)cc1OC(F)F. The molecule has 0 aliphatic carbocycles. The number of nitrogens with zero attached hydrogens (tertiary/aromatic N) is 1. The van der Waals surface area contributed by atoms with E-state index >= 15 is 0 Å². The molecule has 0 atom stereocenters. The van der Waals surface area contributed by atoms with Gasteiger partial charge in [-0.1, -0.05) is 0 Å². The van der Waals surface area contributed by atoms with Crippen molar-refractivity contribution in [2.75, 3.05) is 0 Å². The first-order chi connectivity index (χ1) is 6.13. The van der Waals surface area contributed by atoms with Crippen molar-refractivity contribution in [3.8, 4) is 11.5 Å². The number of hydrogen-bond acceptors (Lipinski definition) is 2. The van der Waals surface area contributed by atoms with Crippen molar-refractivity contribution in [3.05, 3.63) is 29.6 Å². The van der Waals surface area contributed by atoms with Gasteiger partial charge in [-0.05, 0) is 12.1 Å². The van der Waals surface area contributed by atoms with Gasteiger partial charge in [0, 0.05) is 6.07 Å². The predicted molar refractivity (Wildman–Crippen MR) is 41.0 cm³/mol. The van der Waals surface area contributed by atoms with Crippen molar-refractivity contribution in [3.63, 3.8) is 0 Å². The van der Waals surface area contributed by atoms with Crippen LogP contribution in [0.3, 0.4) is 0 Å². The highest BCUT2D eigenvalue weighted by Gasteiger charge is 2.09. The van der Waals surface area contributed by atoms with Crippen LogP contribution < -0.4 is 4.74 Å². The third-order valence-corrected chi connectivity index (χ3v) is 1.28. The van der Waals surface area contributed by atoms with Crippen molar-refractivity contribution >= 4 is 5.69 Å². The fourth-order valence-corrected chi connectivity index (χ4v) is 0.786. The van der Waals surface area contributed by atoms with Crippen molar-refractivity contribution < 1.29 is 18.6 Å². The molecular weight excluding hydrogens is 180 g/mol. The van der Waals surface area contributed by atoms with Crippen LogP contribution in [0.1, 0.15) is 0 Å². The van der Waals surface area contributed by atoms with Gasteiger partial charge in [-0.15, -0.1) is 0 Å². The molecule has 0 amide bonds. The Morgan fingerprint density at radius 2 is 2.15 bits per heavy atom. The fourth-order valence-electron chi connectivity index (χ4n) is 0.786. The van der Waals surface area contributed by atoms with E-state index in [0.717, 1.165) is 6.07 Å². The van der Waals surface area contributed by atoms with Crippen LogP contribution in [0.5, 0.6) is 11.5 Å². The molecule has 0 aliphatic heterocycles. The first-order valence-electron chi connectivity index (χ1n) is 3.29. The van der Waals surface area contributed by atoms with Gasteiger partial charge in [0.05, 0.1) is 6.57 Å². The van der Waals surface area contributed by atoms with E-state index in [2.05, 4.69) is 9.58 Å². The first-order valence-corrected chi connectivity index (χ1v) is 3.29. The summed E-state index contributed by atoms with van der Waals surface area (Å²) in [6.07, 6.45) is 0. The lowest BCUT2D eigenvalue weighted by Gasteiger charge is -2.06. The third-order valence-electron chi connectivity index (χ3n) is 1.28. The summed E-state index contributed by atoms with van der Waals surface area (Å²) in [5, 5.41) is 8.92. The Morgan fingerprint density at radius 3 is 2.69 bits per heavy atom. The molecule has 0 saturated carbocycles.